The zero-order chi connectivity index (χ0) is 18.5. The molecule has 2 heterocycles. The summed E-state index contributed by atoms with van der Waals surface area (Å²) in [5.41, 5.74) is 2.05. The monoisotopic (exact) mass is 353 g/mol. The van der Waals surface area contributed by atoms with Crippen LogP contribution in [0.25, 0.3) is 11.0 Å². The highest BCUT2D eigenvalue weighted by atomic mass is 16.1. The molecule has 0 aliphatic heterocycles. The predicted octanol–water partition coefficient (Wildman–Crippen LogP) is 3.45. The Balaban J connectivity index is 1.68. The van der Waals surface area contributed by atoms with Crippen LogP contribution in [-0.2, 0) is 18.4 Å². The highest BCUT2D eigenvalue weighted by Crippen LogP contribution is 2.24. The van der Waals surface area contributed by atoms with Crippen molar-refractivity contribution in [1.29, 1.82) is 0 Å². The molecule has 3 rings (SSSR count). The van der Waals surface area contributed by atoms with E-state index in [-0.39, 0.29) is 11.9 Å². The average Bonchev–Trinajstić information content (AvgIpc) is 3.22. The van der Waals surface area contributed by atoms with Gasteiger partial charge in [0.1, 0.15) is 5.82 Å². The third kappa shape index (κ3) is 4.31. The number of nitrogens with one attached hydrogen (secondary N) is 1. The fourth-order valence-corrected chi connectivity index (χ4v) is 3.28. The van der Waals surface area contributed by atoms with E-state index in [4.69, 9.17) is 4.98 Å². The van der Waals surface area contributed by atoms with E-state index in [1.165, 1.54) is 0 Å². The van der Waals surface area contributed by atoms with Crippen LogP contribution in [0.15, 0.2) is 42.7 Å². The fraction of sp³-hybridized carbons (Fsp3) is 0.450. The maximum Gasteiger partial charge on any atom is 0.220 e. The number of rotatable bonds is 8. The third-order valence-electron chi connectivity index (χ3n) is 4.53. The van der Waals surface area contributed by atoms with Gasteiger partial charge in [-0.25, -0.2) is 4.98 Å². The number of imidazole rings is 1. The van der Waals surface area contributed by atoms with Crippen molar-refractivity contribution in [2.24, 2.45) is 13.0 Å². The normalized spacial score (nSPS) is 12.6. The summed E-state index contributed by atoms with van der Waals surface area (Å²) >= 11 is 0. The van der Waals surface area contributed by atoms with Crippen LogP contribution in [-0.4, -0.2) is 25.2 Å². The first-order valence-corrected chi connectivity index (χ1v) is 9.22. The third-order valence-corrected chi connectivity index (χ3v) is 4.53. The van der Waals surface area contributed by atoms with Crippen LogP contribution in [0.4, 0.5) is 0 Å². The van der Waals surface area contributed by atoms with Crippen molar-refractivity contribution in [3.8, 4) is 0 Å². The molecule has 0 fully saturated rings. The van der Waals surface area contributed by atoms with Gasteiger partial charge in [0.25, 0.3) is 0 Å². The van der Waals surface area contributed by atoms with E-state index in [0.717, 1.165) is 36.2 Å². The van der Waals surface area contributed by atoms with Crippen LogP contribution in [0.2, 0.25) is 0 Å². The fourth-order valence-electron chi connectivity index (χ4n) is 3.28. The minimum absolute atomic E-state index is 0.0647. The molecule has 1 aromatic carbocycles. The summed E-state index contributed by atoms with van der Waals surface area (Å²) in [6.07, 6.45) is 5.79. The minimum Gasteiger partial charge on any atom is -0.346 e. The maximum absolute atomic E-state index is 12.5. The van der Waals surface area contributed by atoms with E-state index in [0.29, 0.717) is 12.3 Å². The Hall–Kier alpha value is -2.63. The number of amides is 1. The Labute approximate surface area is 154 Å². The van der Waals surface area contributed by atoms with Gasteiger partial charge in [-0.15, -0.1) is 0 Å². The van der Waals surface area contributed by atoms with E-state index in [1.807, 2.05) is 42.2 Å². The Morgan fingerprint density at radius 3 is 2.73 bits per heavy atom. The molecule has 0 saturated carbocycles. The molecule has 0 aliphatic carbocycles. The molecule has 6 heteroatoms. The Kier molecular flexibility index (Phi) is 5.71. The smallest absolute Gasteiger partial charge is 0.220 e. The van der Waals surface area contributed by atoms with Crippen molar-refractivity contribution >= 4 is 16.9 Å². The number of benzene rings is 1. The summed E-state index contributed by atoms with van der Waals surface area (Å²) in [6.45, 7) is 5.08. The minimum atomic E-state index is -0.0791. The van der Waals surface area contributed by atoms with Gasteiger partial charge in [-0.1, -0.05) is 26.0 Å². The summed E-state index contributed by atoms with van der Waals surface area (Å²) in [5.74, 6) is 1.44. The Morgan fingerprint density at radius 2 is 2.04 bits per heavy atom. The average molecular weight is 353 g/mol. The first-order valence-electron chi connectivity index (χ1n) is 9.22. The van der Waals surface area contributed by atoms with Gasteiger partial charge in [0.2, 0.25) is 5.91 Å². The number of para-hydroxylation sites is 2. The second-order valence-electron chi connectivity index (χ2n) is 7.14. The number of carbonyl (C=O) groups excluding carboxylic acids is 1. The molecule has 1 N–H and O–H groups in total. The van der Waals surface area contributed by atoms with Crippen molar-refractivity contribution in [2.45, 2.75) is 45.7 Å². The van der Waals surface area contributed by atoms with Gasteiger partial charge in [-0.2, -0.15) is 5.10 Å². The van der Waals surface area contributed by atoms with E-state index in [1.54, 1.807) is 6.20 Å². The zero-order valence-electron chi connectivity index (χ0n) is 15.7. The van der Waals surface area contributed by atoms with Crippen LogP contribution >= 0.6 is 0 Å². The van der Waals surface area contributed by atoms with E-state index < -0.39 is 0 Å². The zero-order valence-corrected chi connectivity index (χ0v) is 15.7. The number of aromatic nitrogens is 4. The largest absolute Gasteiger partial charge is 0.346 e. The molecule has 0 radical (unpaired) electrons. The van der Waals surface area contributed by atoms with Crippen molar-refractivity contribution in [1.82, 2.24) is 24.6 Å². The molecule has 0 bridgehead atoms. The molecule has 0 saturated heterocycles. The number of fused-ring (bicyclic) bond motifs is 1. The number of nitrogens with zero attached hydrogens (tertiary/aromatic N) is 4. The van der Waals surface area contributed by atoms with Crippen LogP contribution in [0.1, 0.15) is 45.0 Å². The van der Waals surface area contributed by atoms with Gasteiger partial charge < -0.3 is 9.88 Å². The summed E-state index contributed by atoms with van der Waals surface area (Å²) in [7, 11) is 2.02. The highest BCUT2D eigenvalue weighted by Gasteiger charge is 2.21. The van der Waals surface area contributed by atoms with E-state index >= 15 is 0 Å². The lowest BCUT2D eigenvalue weighted by Gasteiger charge is -2.20. The quantitative estimate of drug-likeness (QED) is 0.674. The van der Waals surface area contributed by atoms with Gasteiger partial charge in [0.05, 0.1) is 17.1 Å². The van der Waals surface area contributed by atoms with Crippen LogP contribution < -0.4 is 5.32 Å². The number of aryl methyl sites for hydroxylation is 2. The van der Waals surface area contributed by atoms with Crippen LogP contribution in [0, 0.1) is 5.92 Å². The van der Waals surface area contributed by atoms with Gasteiger partial charge in [-0.3, -0.25) is 9.48 Å². The summed E-state index contributed by atoms with van der Waals surface area (Å²) < 4.78 is 3.94. The molecule has 1 atom stereocenters. The van der Waals surface area contributed by atoms with Crippen molar-refractivity contribution < 1.29 is 4.79 Å². The second kappa shape index (κ2) is 8.17. The Morgan fingerprint density at radius 1 is 1.23 bits per heavy atom. The molecule has 26 heavy (non-hydrogen) atoms. The van der Waals surface area contributed by atoms with Crippen LogP contribution in [0.3, 0.4) is 0 Å². The number of carbonyl (C=O) groups is 1. The lowest BCUT2D eigenvalue weighted by atomic mass is 10.0. The maximum atomic E-state index is 12.5. The first-order chi connectivity index (χ1) is 12.5. The van der Waals surface area contributed by atoms with Crippen LogP contribution in [0.5, 0.6) is 0 Å². The van der Waals surface area contributed by atoms with Gasteiger partial charge >= 0.3 is 0 Å². The van der Waals surface area contributed by atoms with Crippen molar-refractivity contribution in [3.63, 3.8) is 0 Å². The molecule has 0 unspecified atom stereocenters. The molecule has 2 aromatic heterocycles. The summed E-state index contributed by atoms with van der Waals surface area (Å²) in [5, 5.41) is 7.36. The SMILES string of the molecule is CC(C)C[C@H](NC(=O)CCCn1cccn1)c1nc2ccccc2n1C. The van der Waals surface area contributed by atoms with E-state index in [9.17, 15) is 4.79 Å². The molecular formula is C20H27N5O. The second-order valence-corrected chi connectivity index (χ2v) is 7.14. The first kappa shape index (κ1) is 18.2. The van der Waals surface area contributed by atoms with E-state index in [2.05, 4.69) is 34.9 Å². The van der Waals surface area contributed by atoms with Crippen molar-refractivity contribution in [2.75, 3.05) is 0 Å². The standard InChI is InChI=1S/C20H27N5O/c1-15(2)14-17(20-23-16-8-4-5-9-18(16)24(20)3)22-19(26)10-6-12-25-13-7-11-21-25/h4-5,7-9,11,13,15,17H,6,10,12,14H2,1-3H3,(H,22,26)/t17-/m0/s1. The van der Waals surface area contributed by atoms with Gasteiger partial charge in [-0.05, 0) is 37.0 Å². The number of hydrogen-bond donors (Lipinski definition) is 1. The topological polar surface area (TPSA) is 64.7 Å². The molecule has 0 aliphatic rings. The molecule has 138 valence electrons. The molecule has 3 aromatic rings. The lowest BCUT2D eigenvalue weighted by Crippen LogP contribution is -2.31. The molecule has 0 spiro atoms. The Bertz CT molecular complexity index is 850. The summed E-state index contributed by atoms with van der Waals surface area (Å²) in [4.78, 5) is 17.3. The highest BCUT2D eigenvalue weighted by molar-refractivity contribution is 5.78. The molecule has 6 nitrogen and oxygen atoms in total. The summed E-state index contributed by atoms with van der Waals surface area (Å²) in [6, 6.07) is 9.89. The molecular weight excluding hydrogens is 326 g/mol. The lowest BCUT2D eigenvalue weighted by molar-refractivity contribution is -0.122. The van der Waals surface area contributed by atoms with Gasteiger partial charge in [0.15, 0.2) is 0 Å². The van der Waals surface area contributed by atoms with Gasteiger partial charge in [0, 0.05) is 32.4 Å². The van der Waals surface area contributed by atoms with Crippen molar-refractivity contribution in [3.05, 3.63) is 48.5 Å². The predicted molar refractivity (Wildman–Crippen MR) is 103 cm³/mol. The number of hydrogen-bond acceptors (Lipinski definition) is 3. The molecule has 1 amide bonds.